The molecular formula is C18H30O6. The van der Waals surface area contributed by atoms with Crippen molar-refractivity contribution in [2.75, 3.05) is 6.61 Å². The van der Waals surface area contributed by atoms with Gasteiger partial charge in [-0.1, -0.05) is 13.5 Å². The van der Waals surface area contributed by atoms with Crippen molar-refractivity contribution in [3.8, 4) is 0 Å². The van der Waals surface area contributed by atoms with Crippen LogP contribution in [-0.4, -0.2) is 52.5 Å². The maximum absolute atomic E-state index is 12.3. The molecule has 0 spiro atoms. The SMILES string of the molecule is C=CC(O)OC1CC(C(=O)OCC2CCC(O)C(C)C2)CCC1O. The molecule has 2 aliphatic rings. The molecule has 6 heteroatoms. The number of hydrogen-bond acceptors (Lipinski definition) is 6. The van der Waals surface area contributed by atoms with Crippen LogP contribution < -0.4 is 0 Å². The molecule has 0 heterocycles. The minimum absolute atomic E-state index is 0.241. The van der Waals surface area contributed by atoms with E-state index in [0.717, 1.165) is 19.3 Å². The van der Waals surface area contributed by atoms with Gasteiger partial charge in [-0.3, -0.25) is 4.79 Å². The summed E-state index contributed by atoms with van der Waals surface area (Å²) in [6, 6.07) is 0. The molecule has 2 rings (SSSR count). The van der Waals surface area contributed by atoms with Crippen LogP contribution in [0.3, 0.4) is 0 Å². The number of ether oxygens (including phenoxy) is 2. The summed E-state index contributed by atoms with van der Waals surface area (Å²) in [6.45, 7) is 5.84. The summed E-state index contributed by atoms with van der Waals surface area (Å²) in [6.07, 6.45) is 2.42. The summed E-state index contributed by atoms with van der Waals surface area (Å²) in [7, 11) is 0. The van der Waals surface area contributed by atoms with E-state index in [1.807, 2.05) is 6.92 Å². The summed E-state index contributed by atoms with van der Waals surface area (Å²) in [5.74, 6) is -0.0361. The van der Waals surface area contributed by atoms with E-state index in [9.17, 15) is 20.1 Å². The Morgan fingerprint density at radius 3 is 2.58 bits per heavy atom. The van der Waals surface area contributed by atoms with Crippen molar-refractivity contribution in [2.45, 2.75) is 70.1 Å². The molecule has 0 aromatic rings. The van der Waals surface area contributed by atoms with Crippen molar-refractivity contribution in [3.63, 3.8) is 0 Å². The molecule has 3 N–H and O–H groups in total. The van der Waals surface area contributed by atoms with Gasteiger partial charge in [-0.2, -0.15) is 0 Å². The van der Waals surface area contributed by atoms with Gasteiger partial charge in [-0.15, -0.1) is 0 Å². The highest BCUT2D eigenvalue weighted by Crippen LogP contribution is 2.31. The Hall–Kier alpha value is -0.950. The smallest absolute Gasteiger partial charge is 0.309 e. The Morgan fingerprint density at radius 2 is 1.92 bits per heavy atom. The molecule has 2 aliphatic carbocycles. The topological polar surface area (TPSA) is 96.2 Å². The summed E-state index contributed by atoms with van der Waals surface area (Å²) < 4.78 is 10.8. The molecule has 0 aliphatic heterocycles. The van der Waals surface area contributed by atoms with E-state index in [4.69, 9.17) is 9.47 Å². The lowest BCUT2D eigenvalue weighted by atomic mass is 9.81. The largest absolute Gasteiger partial charge is 0.465 e. The fraction of sp³-hybridized carbons (Fsp3) is 0.833. The Morgan fingerprint density at radius 1 is 1.21 bits per heavy atom. The van der Waals surface area contributed by atoms with Gasteiger partial charge in [0.15, 0.2) is 6.29 Å². The summed E-state index contributed by atoms with van der Waals surface area (Å²) >= 11 is 0. The molecule has 6 nitrogen and oxygen atoms in total. The number of carbonyl (C=O) groups excluding carboxylic acids is 1. The van der Waals surface area contributed by atoms with Gasteiger partial charge in [0, 0.05) is 0 Å². The van der Waals surface area contributed by atoms with Crippen LogP contribution in [0.25, 0.3) is 0 Å². The Labute approximate surface area is 143 Å². The van der Waals surface area contributed by atoms with Crippen molar-refractivity contribution >= 4 is 5.97 Å². The number of esters is 1. The first kappa shape index (κ1) is 19.4. The summed E-state index contributed by atoms with van der Waals surface area (Å²) in [4.78, 5) is 12.3. The highest BCUT2D eigenvalue weighted by Gasteiger charge is 2.36. The quantitative estimate of drug-likeness (QED) is 0.383. The maximum Gasteiger partial charge on any atom is 0.309 e. The van der Waals surface area contributed by atoms with Crippen LogP contribution in [-0.2, 0) is 14.3 Å². The summed E-state index contributed by atoms with van der Waals surface area (Å²) in [5, 5.41) is 29.2. The first-order chi connectivity index (χ1) is 11.4. The zero-order valence-electron chi connectivity index (χ0n) is 14.3. The van der Waals surface area contributed by atoms with Crippen molar-refractivity contribution < 1.29 is 29.6 Å². The highest BCUT2D eigenvalue weighted by molar-refractivity contribution is 5.72. The van der Waals surface area contributed by atoms with Crippen molar-refractivity contribution in [1.29, 1.82) is 0 Å². The molecule has 0 amide bonds. The highest BCUT2D eigenvalue weighted by atomic mass is 16.6. The van der Waals surface area contributed by atoms with Crippen molar-refractivity contribution in [2.24, 2.45) is 17.8 Å². The zero-order valence-corrected chi connectivity index (χ0v) is 14.3. The van der Waals surface area contributed by atoms with Gasteiger partial charge >= 0.3 is 5.97 Å². The third-order valence-electron chi connectivity index (χ3n) is 5.30. The predicted molar refractivity (Wildman–Crippen MR) is 87.9 cm³/mol. The second kappa shape index (κ2) is 8.94. The first-order valence-corrected chi connectivity index (χ1v) is 8.89. The maximum atomic E-state index is 12.3. The van der Waals surface area contributed by atoms with E-state index >= 15 is 0 Å². The standard InChI is InChI=1S/C18H30O6/c1-3-17(21)24-16-9-13(5-7-15(16)20)18(22)23-10-12-4-6-14(19)11(2)8-12/h3,11-17,19-21H,1,4-10H2,2H3. The fourth-order valence-electron chi connectivity index (χ4n) is 3.67. The van der Waals surface area contributed by atoms with Crippen LogP contribution in [0.15, 0.2) is 12.7 Å². The summed E-state index contributed by atoms with van der Waals surface area (Å²) in [5.41, 5.74) is 0. The van der Waals surface area contributed by atoms with Gasteiger partial charge in [-0.05, 0) is 56.4 Å². The van der Waals surface area contributed by atoms with Gasteiger partial charge in [0.05, 0.1) is 30.8 Å². The Kier molecular flexibility index (Phi) is 7.22. The molecule has 138 valence electrons. The molecule has 0 bridgehead atoms. The third kappa shape index (κ3) is 5.28. The van der Waals surface area contributed by atoms with E-state index in [2.05, 4.69) is 6.58 Å². The molecule has 0 saturated heterocycles. The average molecular weight is 342 g/mol. The molecule has 2 saturated carbocycles. The van der Waals surface area contributed by atoms with Crippen molar-refractivity contribution in [3.05, 3.63) is 12.7 Å². The molecule has 0 aromatic heterocycles. The minimum atomic E-state index is -1.14. The lowest BCUT2D eigenvalue weighted by Gasteiger charge is -2.34. The van der Waals surface area contributed by atoms with Crippen LogP contribution in [0.2, 0.25) is 0 Å². The number of rotatable bonds is 6. The van der Waals surface area contributed by atoms with Crippen molar-refractivity contribution in [1.82, 2.24) is 0 Å². The van der Waals surface area contributed by atoms with Gasteiger partial charge in [0.2, 0.25) is 0 Å². The van der Waals surface area contributed by atoms with Gasteiger partial charge in [0.25, 0.3) is 0 Å². The lowest BCUT2D eigenvalue weighted by molar-refractivity contribution is -0.172. The van der Waals surface area contributed by atoms with Crippen LogP contribution in [0.5, 0.6) is 0 Å². The van der Waals surface area contributed by atoms with Crippen LogP contribution in [0.1, 0.15) is 45.4 Å². The molecule has 7 atom stereocenters. The monoisotopic (exact) mass is 342 g/mol. The molecule has 0 radical (unpaired) electrons. The van der Waals surface area contributed by atoms with Gasteiger partial charge in [-0.25, -0.2) is 0 Å². The Balaban J connectivity index is 1.78. The van der Waals surface area contributed by atoms with E-state index in [1.165, 1.54) is 6.08 Å². The van der Waals surface area contributed by atoms with Gasteiger partial charge < -0.3 is 24.8 Å². The number of aliphatic hydroxyl groups excluding tert-OH is 3. The second-order valence-electron chi connectivity index (χ2n) is 7.23. The van der Waals surface area contributed by atoms with E-state index in [0.29, 0.717) is 31.8 Å². The van der Waals surface area contributed by atoms with Crippen LogP contribution in [0, 0.1) is 17.8 Å². The molecule has 2 fully saturated rings. The molecule has 7 unspecified atom stereocenters. The minimum Gasteiger partial charge on any atom is -0.465 e. The van der Waals surface area contributed by atoms with Gasteiger partial charge in [0.1, 0.15) is 0 Å². The van der Waals surface area contributed by atoms with E-state index < -0.39 is 18.5 Å². The fourth-order valence-corrected chi connectivity index (χ4v) is 3.67. The molecular weight excluding hydrogens is 312 g/mol. The number of hydrogen-bond donors (Lipinski definition) is 3. The molecule has 0 aromatic carbocycles. The first-order valence-electron chi connectivity index (χ1n) is 8.89. The van der Waals surface area contributed by atoms with Crippen LogP contribution >= 0.6 is 0 Å². The number of carbonyl (C=O) groups is 1. The number of aliphatic hydroxyl groups is 3. The van der Waals surface area contributed by atoms with Crippen LogP contribution in [0.4, 0.5) is 0 Å². The normalized spacial score (nSPS) is 38.3. The lowest BCUT2D eigenvalue weighted by Crippen LogP contribution is -2.41. The third-order valence-corrected chi connectivity index (χ3v) is 5.30. The van der Waals surface area contributed by atoms with E-state index in [-0.39, 0.29) is 23.9 Å². The second-order valence-corrected chi connectivity index (χ2v) is 7.23. The Bertz CT molecular complexity index is 426. The van der Waals surface area contributed by atoms with E-state index in [1.54, 1.807) is 0 Å². The zero-order chi connectivity index (χ0) is 17.7. The predicted octanol–water partition coefficient (Wildman–Crippen LogP) is 1.38. The average Bonchev–Trinajstić information content (AvgIpc) is 2.57. The molecule has 24 heavy (non-hydrogen) atoms.